The van der Waals surface area contributed by atoms with Crippen LogP contribution in [0.1, 0.15) is 12.8 Å². The second-order valence-electron chi connectivity index (χ2n) is 8.60. The molecule has 3 aliphatic rings. The first-order chi connectivity index (χ1) is 16.0. The van der Waals surface area contributed by atoms with E-state index >= 15 is 0 Å². The Bertz CT molecular complexity index is 1020. The molecule has 4 heterocycles. The highest BCUT2D eigenvalue weighted by Gasteiger charge is 2.52. The summed E-state index contributed by atoms with van der Waals surface area (Å²) < 4.78 is 10.6. The maximum absolute atomic E-state index is 13.3. The van der Waals surface area contributed by atoms with E-state index in [4.69, 9.17) is 9.26 Å². The monoisotopic (exact) mass is 489 g/mol. The fourth-order valence-electron chi connectivity index (χ4n) is 4.56. The molecule has 0 radical (unpaired) electrons. The van der Waals surface area contributed by atoms with Gasteiger partial charge in [0.15, 0.2) is 0 Å². The third-order valence-corrected chi connectivity index (χ3v) is 9.23. The van der Waals surface area contributed by atoms with Crippen LogP contribution < -0.4 is 4.74 Å². The molecular weight excluding hydrogens is 462 g/mol. The third-order valence-electron chi connectivity index (χ3n) is 6.38. The van der Waals surface area contributed by atoms with Gasteiger partial charge in [0.25, 0.3) is 0 Å². The van der Waals surface area contributed by atoms with E-state index in [2.05, 4.69) is 22.0 Å². The zero-order chi connectivity index (χ0) is 23.0. The molecular formula is C22H27N5O4S2. The van der Waals surface area contributed by atoms with Crippen molar-refractivity contribution in [2.24, 2.45) is 0 Å². The average molecular weight is 490 g/mol. The van der Waals surface area contributed by atoms with Crippen LogP contribution in [0.25, 0.3) is 11.4 Å². The van der Waals surface area contributed by atoms with Crippen LogP contribution in [0.5, 0.6) is 5.75 Å². The van der Waals surface area contributed by atoms with Crippen molar-refractivity contribution in [3.8, 4) is 17.1 Å². The van der Waals surface area contributed by atoms with Crippen molar-refractivity contribution in [2.45, 2.75) is 24.4 Å². The summed E-state index contributed by atoms with van der Waals surface area (Å²) in [6, 6.07) is 7.18. The molecule has 33 heavy (non-hydrogen) atoms. The number of rotatable bonds is 5. The molecule has 1 aromatic carbocycles. The molecule has 3 saturated heterocycles. The lowest BCUT2D eigenvalue weighted by molar-refractivity contribution is -0.146. The highest BCUT2D eigenvalue weighted by atomic mass is 32.2. The number of amides is 2. The van der Waals surface area contributed by atoms with Crippen LogP contribution in [0.2, 0.25) is 0 Å². The molecule has 0 saturated carbocycles. The number of benzene rings is 1. The smallest absolute Gasteiger partial charge is 0.246 e. The van der Waals surface area contributed by atoms with Crippen LogP contribution >= 0.6 is 23.5 Å². The van der Waals surface area contributed by atoms with Crippen LogP contribution in [-0.2, 0) is 16.1 Å². The third kappa shape index (κ3) is 4.45. The molecule has 11 heteroatoms. The maximum atomic E-state index is 13.3. The largest absolute Gasteiger partial charge is 0.497 e. The molecule has 0 spiro atoms. The van der Waals surface area contributed by atoms with E-state index in [0.717, 1.165) is 30.2 Å². The zero-order valence-corrected chi connectivity index (χ0v) is 20.4. The fourth-order valence-corrected chi connectivity index (χ4v) is 7.26. The van der Waals surface area contributed by atoms with E-state index in [0.29, 0.717) is 42.9 Å². The SMILES string of the molecule is COc1ccc(-c2noc(CN3CCN(C(=O)[C@H]4CS[C@]5(C)CSCC(=O)N45)CC3)n2)cc1. The number of methoxy groups -OCH3 is 1. The topological polar surface area (TPSA) is 92.0 Å². The molecule has 2 amide bonds. The van der Waals surface area contributed by atoms with E-state index in [9.17, 15) is 9.59 Å². The average Bonchev–Trinajstić information content (AvgIpc) is 3.44. The molecule has 0 aliphatic carbocycles. The summed E-state index contributed by atoms with van der Waals surface area (Å²) in [6.07, 6.45) is 0. The second-order valence-corrected chi connectivity index (χ2v) is 11.1. The van der Waals surface area contributed by atoms with Gasteiger partial charge in [-0.25, -0.2) is 0 Å². The van der Waals surface area contributed by atoms with Crippen molar-refractivity contribution in [1.82, 2.24) is 24.8 Å². The highest BCUT2D eigenvalue weighted by Crippen LogP contribution is 2.44. The van der Waals surface area contributed by atoms with Gasteiger partial charge < -0.3 is 19.1 Å². The summed E-state index contributed by atoms with van der Waals surface area (Å²) in [4.78, 5) is 36.0. The first-order valence-electron chi connectivity index (χ1n) is 11.0. The lowest BCUT2D eigenvalue weighted by Gasteiger charge is -2.42. The van der Waals surface area contributed by atoms with Crippen LogP contribution in [-0.4, -0.2) is 98.1 Å². The maximum Gasteiger partial charge on any atom is 0.246 e. The van der Waals surface area contributed by atoms with Gasteiger partial charge >= 0.3 is 0 Å². The first kappa shape index (κ1) is 22.5. The van der Waals surface area contributed by atoms with Crippen molar-refractivity contribution in [2.75, 3.05) is 50.5 Å². The van der Waals surface area contributed by atoms with E-state index in [-0.39, 0.29) is 22.7 Å². The minimum absolute atomic E-state index is 0.0747. The number of thioether (sulfide) groups is 2. The summed E-state index contributed by atoms with van der Waals surface area (Å²) in [5.74, 6) is 4.07. The van der Waals surface area contributed by atoms with E-state index in [1.54, 1.807) is 30.6 Å². The number of piperazine rings is 1. The lowest BCUT2D eigenvalue weighted by atomic mass is 10.1. The molecule has 176 valence electrons. The number of hydrogen-bond acceptors (Lipinski definition) is 9. The van der Waals surface area contributed by atoms with Crippen molar-refractivity contribution >= 4 is 35.3 Å². The number of carbonyl (C=O) groups is 2. The molecule has 2 atom stereocenters. The van der Waals surface area contributed by atoms with Crippen LogP contribution in [0.3, 0.4) is 0 Å². The van der Waals surface area contributed by atoms with Gasteiger partial charge in [0.05, 0.1) is 24.3 Å². The Kier molecular flexibility index (Phi) is 6.28. The minimum Gasteiger partial charge on any atom is -0.497 e. The summed E-state index contributed by atoms with van der Waals surface area (Å²) in [6.45, 7) is 5.35. The highest BCUT2D eigenvalue weighted by molar-refractivity contribution is 8.04. The quantitative estimate of drug-likeness (QED) is 0.623. The molecule has 0 bridgehead atoms. The Balaban J connectivity index is 1.16. The van der Waals surface area contributed by atoms with Gasteiger partial charge in [-0.1, -0.05) is 5.16 Å². The predicted molar refractivity (Wildman–Crippen MR) is 127 cm³/mol. The normalized spacial score (nSPS) is 25.9. The molecule has 2 aromatic rings. The molecule has 1 aromatic heterocycles. The first-order valence-corrected chi connectivity index (χ1v) is 13.1. The number of aromatic nitrogens is 2. The summed E-state index contributed by atoms with van der Waals surface area (Å²) in [5, 5.41) is 4.10. The number of nitrogens with zero attached hydrogens (tertiary/aromatic N) is 5. The Morgan fingerprint density at radius 2 is 2.00 bits per heavy atom. The van der Waals surface area contributed by atoms with Crippen molar-refractivity contribution in [3.63, 3.8) is 0 Å². The van der Waals surface area contributed by atoms with Gasteiger partial charge in [-0.2, -0.15) is 4.98 Å². The van der Waals surface area contributed by atoms with Crippen LogP contribution in [0.4, 0.5) is 0 Å². The van der Waals surface area contributed by atoms with E-state index in [1.807, 2.05) is 34.1 Å². The van der Waals surface area contributed by atoms with Crippen LogP contribution in [0, 0.1) is 0 Å². The second kappa shape index (κ2) is 9.19. The van der Waals surface area contributed by atoms with E-state index < -0.39 is 0 Å². The number of hydrogen-bond donors (Lipinski definition) is 0. The predicted octanol–water partition coefficient (Wildman–Crippen LogP) is 1.80. The minimum atomic E-state index is -0.344. The van der Waals surface area contributed by atoms with Gasteiger partial charge in [0.2, 0.25) is 23.5 Å². The van der Waals surface area contributed by atoms with Gasteiger partial charge in [0, 0.05) is 43.2 Å². The lowest BCUT2D eigenvalue weighted by Crippen LogP contribution is -2.60. The van der Waals surface area contributed by atoms with Gasteiger partial charge in [-0.05, 0) is 31.2 Å². The standard InChI is InChI=1S/C22H27N5O4S2/c1-22-14-32-13-19(28)27(22)17(12-33-22)21(29)26-9-7-25(8-10-26)11-18-23-20(24-31-18)15-3-5-16(30-2)6-4-15/h3-6,17H,7-14H2,1-2H3/t17-,22-/m1/s1. The Morgan fingerprint density at radius 3 is 2.73 bits per heavy atom. The van der Waals surface area contributed by atoms with Gasteiger partial charge in [-0.15, -0.1) is 23.5 Å². The number of fused-ring (bicyclic) bond motifs is 1. The molecule has 9 nitrogen and oxygen atoms in total. The van der Waals surface area contributed by atoms with Crippen molar-refractivity contribution < 1.29 is 18.8 Å². The number of carbonyl (C=O) groups excluding carboxylic acids is 2. The molecule has 5 rings (SSSR count). The van der Waals surface area contributed by atoms with Gasteiger partial charge in [-0.3, -0.25) is 14.5 Å². The summed E-state index contributed by atoms with van der Waals surface area (Å²) in [7, 11) is 1.63. The molecule has 3 aliphatic heterocycles. The number of ether oxygens (including phenoxy) is 1. The summed E-state index contributed by atoms with van der Waals surface area (Å²) in [5.41, 5.74) is 0.869. The molecule has 0 unspecified atom stereocenters. The van der Waals surface area contributed by atoms with Gasteiger partial charge in [0.1, 0.15) is 11.8 Å². The summed E-state index contributed by atoms with van der Waals surface area (Å²) >= 11 is 3.39. The Labute approximate surface area is 201 Å². The Morgan fingerprint density at radius 1 is 1.24 bits per heavy atom. The van der Waals surface area contributed by atoms with Crippen molar-refractivity contribution in [1.29, 1.82) is 0 Å². The van der Waals surface area contributed by atoms with Crippen molar-refractivity contribution in [3.05, 3.63) is 30.2 Å². The Hall–Kier alpha value is -2.24. The molecule has 0 N–H and O–H groups in total. The van der Waals surface area contributed by atoms with Crippen LogP contribution in [0.15, 0.2) is 28.8 Å². The zero-order valence-electron chi connectivity index (χ0n) is 18.7. The van der Waals surface area contributed by atoms with E-state index in [1.165, 1.54) is 0 Å². The molecule has 3 fully saturated rings. The fraction of sp³-hybridized carbons (Fsp3) is 0.545.